The maximum atomic E-state index is 13.0. The van der Waals surface area contributed by atoms with Crippen LogP contribution in [0.15, 0.2) is 24.5 Å². The van der Waals surface area contributed by atoms with Crippen molar-refractivity contribution in [2.45, 2.75) is 38.1 Å². The van der Waals surface area contributed by atoms with Gasteiger partial charge in [0, 0.05) is 37.2 Å². The van der Waals surface area contributed by atoms with Crippen molar-refractivity contribution in [1.29, 1.82) is 0 Å². The van der Waals surface area contributed by atoms with Crippen molar-refractivity contribution in [1.82, 2.24) is 19.9 Å². The number of carbonyl (C=O) groups excluding carboxylic acids is 1. The molecule has 0 aromatic carbocycles. The molecular weight excluding hydrogens is 330 g/mol. The second-order valence-electron chi connectivity index (χ2n) is 6.79. The number of hydrogen-bond donors (Lipinski definition) is 1. The number of fused-ring (bicyclic) bond motifs is 1. The molecule has 0 radical (unpaired) electrons. The minimum absolute atomic E-state index is 0.0125. The van der Waals surface area contributed by atoms with Crippen LogP contribution in [0.1, 0.15) is 40.9 Å². The number of pyridine rings is 1. The van der Waals surface area contributed by atoms with Gasteiger partial charge in [0.05, 0.1) is 7.11 Å². The van der Waals surface area contributed by atoms with E-state index in [1.54, 1.807) is 25.6 Å². The number of ether oxygens (including phenoxy) is 1. The molecule has 1 saturated heterocycles. The van der Waals surface area contributed by atoms with E-state index in [1.165, 1.54) is 5.56 Å². The fourth-order valence-electron chi connectivity index (χ4n) is 3.72. The molecule has 1 fully saturated rings. The van der Waals surface area contributed by atoms with E-state index >= 15 is 0 Å². The summed E-state index contributed by atoms with van der Waals surface area (Å²) in [5.41, 5.74) is 2.85. The molecule has 7 nitrogen and oxygen atoms in total. The lowest BCUT2D eigenvalue weighted by Gasteiger charge is -2.32. The largest absolute Gasteiger partial charge is 0.480 e. The zero-order chi connectivity index (χ0) is 17.9. The maximum Gasteiger partial charge on any atom is 0.259 e. The van der Waals surface area contributed by atoms with Crippen molar-refractivity contribution in [2.24, 2.45) is 0 Å². The summed E-state index contributed by atoms with van der Waals surface area (Å²) in [7, 11) is 1.58. The lowest BCUT2D eigenvalue weighted by atomic mass is 10.0. The lowest BCUT2D eigenvalue weighted by molar-refractivity contribution is 0.0714. The quantitative estimate of drug-likeness (QED) is 0.906. The van der Waals surface area contributed by atoms with Crippen molar-refractivity contribution < 1.29 is 9.53 Å². The molecule has 0 spiro atoms. The van der Waals surface area contributed by atoms with Crippen LogP contribution in [-0.2, 0) is 12.8 Å². The van der Waals surface area contributed by atoms with Crippen LogP contribution >= 0.6 is 0 Å². The third-order valence-corrected chi connectivity index (χ3v) is 5.12. The average Bonchev–Trinajstić information content (AvgIpc) is 3.15. The summed E-state index contributed by atoms with van der Waals surface area (Å²) in [6.07, 6.45) is 8.24. The van der Waals surface area contributed by atoms with E-state index in [1.807, 2.05) is 11.0 Å². The number of hydrogen-bond acceptors (Lipinski definition) is 6. The van der Waals surface area contributed by atoms with Gasteiger partial charge in [-0.3, -0.25) is 4.79 Å². The van der Waals surface area contributed by atoms with Crippen molar-refractivity contribution >= 4 is 11.9 Å². The van der Waals surface area contributed by atoms with Crippen LogP contribution in [-0.4, -0.2) is 52.0 Å². The molecule has 0 bridgehead atoms. The number of nitrogens with one attached hydrogen (secondary N) is 1. The predicted molar refractivity (Wildman–Crippen MR) is 97.4 cm³/mol. The summed E-state index contributed by atoms with van der Waals surface area (Å²) >= 11 is 0. The summed E-state index contributed by atoms with van der Waals surface area (Å²) in [6, 6.07) is 4.06. The number of nitrogens with zero attached hydrogens (tertiary/aromatic N) is 4. The van der Waals surface area contributed by atoms with Crippen molar-refractivity contribution in [3.8, 4) is 5.88 Å². The number of aromatic nitrogens is 3. The molecule has 4 rings (SSSR count). The molecule has 1 aliphatic carbocycles. The van der Waals surface area contributed by atoms with E-state index in [0.29, 0.717) is 30.5 Å². The van der Waals surface area contributed by atoms with Crippen molar-refractivity contribution in [2.75, 3.05) is 25.5 Å². The number of anilines is 1. The molecule has 0 unspecified atom stereocenters. The van der Waals surface area contributed by atoms with Gasteiger partial charge in [-0.1, -0.05) is 0 Å². The monoisotopic (exact) mass is 353 g/mol. The third-order valence-electron chi connectivity index (χ3n) is 5.12. The molecule has 1 aliphatic heterocycles. The van der Waals surface area contributed by atoms with Gasteiger partial charge in [-0.25, -0.2) is 15.0 Å². The average molecular weight is 353 g/mol. The first-order valence-corrected chi connectivity index (χ1v) is 9.14. The molecular formula is C19H23N5O2. The molecule has 2 aromatic rings. The van der Waals surface area contributed by atoms with E-state index < -0.39 is 0 Å². The standard InChI is InChI=1S/C19H23N5O2/c1-26-17-15(12-13-4-2-5-16(13)23-17)18(25)24-10-6-14(7-11-24)22-19-20-8-3-9-21-19/h3,8-9,12,14H,2,4-7,10-11H2,1H3,(H,20,21,22). The van der Waals surface area contributed by atoms with Crippen LogP contribution in [0.3, 0.4) is 0 Å². The minimum Gasteiger partial charge on any atom is -0.480 e. The van der Waals surface area contributed by atoms with Gasteiger partial charge < -0.3 is 15.0 Å². The number of methoxy groups -OCH3 is 1. The molecule has 1 N–H and O–H groups in total. The van der Waals surface area contributed by atoms with Gasteiger partial charge in [-0.05, 0) is 49.8 Å². The topological polar surface area (TPSA) is 80.2 Å². The van der Waals surface area contributed by atoms with Gasteiger partial charge in [0.2, 0.25) is 11.8 Å². The summed E-state index contributed by atoms with van der Waals surface area (Å²) in [6.45, 7) is 1.40. The fraction of sp³-hybridized carbons (Fsp3) is 0.474. The Hall–Kier alpha value is -2.70. The van der Waals surface area contributed by atoms with Crippen LogP contribution in [0.25, 0.3) is 0 Å². The molecule has 1 amide bonds. The van der Waals surface area contributed by atoms with Gasteiger partial charge in [0.15, 0.2) is 0 Å². The van der Waals surface area contributed by atoms with Crippen LogP contribution in [0.2, 0.25) is 0 Å². The molecule has 3 heterocycles. The molecule has 2 aromatic heterocycles. The fourth-order valence-corrected chi connectivity index (χ4v) is 3.72. The van der Waals surface area contributed by atoms with E-state index in [9.17, 15) is 4.79 Å². The molecule has 136 valence electrons. The first kappa shape index (κ1) is 16.8. The van der Waals surface area contributed by atoms with Crippen LogP contribution in [0.5, 0.6) is 5.88 Å². The Kier molecular flexibility index (Phi) is 4.69. The van der Waals surface area contributed by atoms with Gasteiger partial charge in [0.25, 0.3) is 5.91 Å². The highest BCUT2D eigenvalue weighted by molar-refractivity contribution is 5.96. The van der Waals surface area contributed by atoms with Crippen LogP contribution in [0.4, 0.5) is 5.95 Å². The summed E-state index contributed by atoms with van der Waals surface area (Å²) in [5.74, 6) is 1.11. The molecule has 0 saturated carbocycles. The lowest BCUT2D eigenvalue weighted by Crippen LogP contribution is -2.42. The Morgan fingerprint density at radius 3 is 2.73 bits per heavy atom. The summed E-state index contributed by atoms with van der Waals surface area (Å²) < 4.78 is 5.40. The molecule has 7 heteroatoms. The number of amides is 1. The number of piperidine rings is 1. The second-order valence-corrected chi connectivity index (χ2v) is 6.79. The van der Waals surface area contributed by atoms with E-state index in [4.69, 9.17) is 4.74 Å². The highest BCUT2D eigenvalue weighted by Crippen LogP contribution is 2.28. The van der Waals surface area contributed by atoms with Gasteiger partial charge >= 0.3 is 0 Å². The highest BCUT2D eigenvalue weighted by atomic mass is 16.5. The van der Waals surface area contributed by atoms with Crippen LogP contribution in [0, 0.1) is 0 Å². The number of aryl methyl sites for hydroxylation is 2. The summed E-state index contributed by atoms with van der Waals surface area (Å²) in [5, 5.41) is 3.34. The Balaban J connectivity index is 1.42. The SMILES string of the molecule is COc1nc2c(cc1C(=O)N1CCC(Nc3ncccn3)CC1)CCC2. The zero-order valence-corrected chi connectivity index (χ0v) is 14.9. The first-order chi connectivity index (χ1) is 12.7. The van der Waals surface area contributed by atoms with E-state index in [-0.39, 0.29) is 11.9 Å². The van der Waals surface area contributed by atoms with Crippen molar-refractivity contribution in [3.63, 3.8) is 0 Å². The Labute approximate surface area is 152 Å². The number of rotatable bonds is 4. The number of likely N-dealkylation sites (tertiary alicyclic amines) is 1. The Bertz CT molecular complexity index is 788. The van der Waals surface area contributed by atoms with Gasteiger partial charge in [-0.15, -0.1) is 0 Å². The first-order valence-electron chi connectivity index (χ1n) is 9.14. The van der Waals surface area contributed by atoms with E-state index in [2.05, 4.69) is 20.3 Å². The van der Waals surface area contributed by atoms with Gasteiger partial charge in [0.1, 0.15) is 5.56 Å². The van der Waals surface area contributed by atoms with Crippen LogP contribution < -0.4 is 10.1 Å². The Morgan fingerprint density at radius 1 is 1.23 bits per heavy atom. The van der Waals surface area contributed by atoms with Crippen molar-refractivity contribution in [3.05, 3.63) is 41.3 Å². The zero-order valence-electron chi connectivity index (χ0n) is 14.9. The number of carbonyl (C=O) groups is 1. The Morgan fingerprint density at radius 2 is 2.00 bits per heavy atom. The minimum atomic E-state index is 0.0125. The van der Waals surface area contributed by atoms with Gasteiger partial charge in [-0.2, -0.15) is 0 Å². The maximum absolute atomic E-state index is 13.0. The summed E-state index contributed by atoms with van der Waals surface area (Å²) in [4.78, 5) is 27.9. The molecule has 2 aliphatic rings. The molecule has 26 heavy (non-hydrogen) atoms. The highest BCUT2D eigenvalue weighted by Gasteiger charge is 2.28. The smallest absolute Gasteiger partial charge is 0.259 e. The second kappa shape index (κ2) is 7.27. The van der Waals surface area contributed by atoms with E-state index in [0.717, 1.165) is 37.8 Å². The normalized spacial score (nSPS) is 17.0. The third kappa shape index (κ3) is 3.34. The predicted octanol–water partition coefficient (Wildman–Crippen LogP) is 2.09. The molecule has 0 atom stereocenters.